The van der Waals surface area contributed by atoms with Crippen LogP contribution in [-0.4, -0.2) is 45.5 Å². The molecule has 2 heterocycles. The van der Waals surface area contributed by atoms with Crippen LogP contribution in [0, 0.1) is 0 Å². The van der Waals surface area contributed by atoms with Crippen molar-refractivity contribution in [3.05, 3.63) is 76.5 Å². The smallest absolute Gasteiger partial charge is 0.344 e. The zero-order chi connectivity index (χ0) is 24.2. The standard InChI is InChI=1S/C25H22N2O6S/c1-3-33-25(31)22-23(30)20(34-24(22)26-16-8-10-17(32-2)11-9-16)12-15-13-27(14-21(28)29)19-7-5-4-6-18(15)19/h4-13,30H,3,14H2,1-2H3,(H,28,29)/b20-12-,26-24?. The summed E-state index contributed by atoms with van der Waals surface area (Å²) in [7, 11) is 1.57. The first-order valence-corrected chi connectivity index (χ1v) is 11.3. The molecule has 0 atom stereocenters. The summed E-state index contributed by atoms with van der Waals surface area (Å²) in [4.78, 5) is 28.9. The Balaban J connectivity index is 1.79. The molecule has 1 aromatic heterocycles. The van der Waals surface area contributed by atoms with Crippen molar-refractivity contribution in [1.82, 2.24) is 4.57 Å². The van der Waals surface area contributed by atoms with Gasteiger partial charge < -0.3 is 24.3 Å². The van der Waals surface area contributed by atoms with Crippen molar-refractivity contribution in [3.8, 4) is 5.75 Å². The Morgan fingerprint density at radius 2 is 1.88 bits per heavy atom. The molecule has 0 radical (unpaired) electrons. The number of rotatable bonds is 7. The van der Waals surface area contributed by atoms with E-state index < -0.39 is 11.9 Å². The first kappa shape index (κ1) is 23.2. The lowest BCUT2D eigenvalue weighted by atomic mass is 10.1. The number of esters is 1. The van der Waals surface area contributed by atoms with Crippen molar-refractivity contribution in [2.24, 2.45) is 4.99 Å². The minimum Gasteiger partial charge on any atom is -0.506 e. The number of hydrogen-bond donors (Lipinski definition) is 2. The second-order valence-electron chi connectivity index (χ2n) is 7.29. The summed E-state index contributed by atoms with van der Waals surface area (Å²) in [6.45, 7) is 1.64. The minimum absolute atomic E-state index is 0.0109. The van der Waals surface area contributed by atoms with E-state index in [0.29, 0.717) is 26.9 Å². The van der Waals surface area contributed by atoms with Gasteiger partial charge in [0.2, 0.25) is 0 Å². The Morgan fingerprint density at radius 1 is 1.15 bits per heavy atom. The monoisotopic (exact) mass is 478 g/mol. The summed E-state index contributed by atoms with van der Waals surface area (Å²) >= 11 is 1.14. The number of aliphatic hydroxyl groups is 1. The number of ether oxygens (including phenoxy) is 2. The average molecular weight is 479 g/mol. The van der Waals surface area contributed by atoms with Gasteiger partial charge >= 0.3 is 11.9 Å². The number of benzene rings is 2. The molecule has 9 heteroatoms. The maximum atomic E-state index is 12.6. The maximum absolute atomic E-state index is 12.6. The van der Waals surface area contributed by atoms with Gasteiger partial charge in [-0.3, -0.25) is 4.79 Å². The van der Waals surface area contributed by atoms with Crippen LogP contribution in [0.4, 0.5) is 5.69 Å². The predicted octanol–water partition coefficient (Wildman–Crippen LogP) is 4.93. The highest BCUT2D eigenvalue weighted by atomic mass is 32.2. The number of hydrogen-bond acceptors (Lipinski definition) is 7. The number of methoxy groups -OCH3 is 1. The van der Waals surface area contributed by atoms with Gasteiger partial charge in [0.25, 0.3) is 0 Å². The number of aromatic nitrogens is 1. The van der Waals surface area contributed by atoms with E-state index >= 15 is 0 Å². The summed E-state index contributed by atoms with van der Waals surface area (Å²) in [5.74, 6) is -1.19. The lowest BCUT2D eigenvalue weighted by molar-refractivity contribution is -0.138. The van der Waals surface area contributed by atoms with E-state index in [1.54, 1.807) is 55.1 Å². The van der Waals surface area contributed by atoms with Crippen LogP contribution in [0.2, 0.25) is 0 Å². The third-order valence-electron chi connectivity index (χ3n) is 5.08. The lowest BCUT2D eigenvalue weighted by Crippen LogP contribution is -2.12. The first-order chi connectivity index (χ1) is 16.4. The zero-order valence-corrected chi connectivity index (χ0v) is 19.3. The fourth-order valence-corrected chi connectivity index (χ4v) is 4.60. The van der Waals surface area contributed by atoms with Gasteiger partial charge in [0.05, 0.1) is 24.3 Å². The van der Waals surface area contributed by atoms with Crippen LogP contribution in [-0.2, 0) is 20.9 Å². The van der Waals surface area contributed by atoms with Crippen molar-refractivity contribution < 1.29 is 29.3 Å². The van der Waals surface area contributed by atoms with Crippen LogP contribution in [0.15, 0.2) is 76.0 Å². The molecule has 0 bridgehead atoms. The molecule has 0 saturated carbocycles. The molecule has 8 nitrogen and oxygen atoms in total. The summed E-state index contributed by atoms with van der Waals surface area (Å²) in [6, 6.07) is 14.4. The van der Waals surface area contributed by atoms with Crippen LogP contribution in [0.25, 0.3) is 17.0 Å². The van der Waals surface area contributed by atoms with Crippen LogP contribution in [0.1, 0.15) is 12.5 Å². The highest BCUT2D eigenvalue weighted by Crippen LogP contribution is 2.41. The molecule has 0 unspecified atom stereocenters. The Kier molecular flexibility index (Phi) is 6.74. The molecule has 0 aliphatic carbocycles. The van der Waals surface area contributed by atoms with Gasteiger partial charge in [0, 0.05) is 22.7 Å². The number of aliphatic imine (C=N–C) groups is 1. The zero-order valence-electron chi connectivity index (χ0n) is 18.5. The molecular formula is C25H22N2O6S. The quantitative estimate of drug-likeness (QED) is 0.463. The number of para-hydroxylation sites is 1. The second kappa shape index (κ2) is 9.88. The number of carboxylic acid groups (broad SMARTS) is 1. The summed E-state index contributed by atoms with van der Waals surface area (Å²) < 4.78 is 11.9. The molecule has 0 spiro atoms. The lowest BCUT2D eigenvalue weighted by Gasteiger charge is -2.04. The fraction of sp³-hybridized carbons (Fsp3) is 0.160. The number of thioether (sulfide) groups is 1. The molecule has 1 aliphatic rings. The molecule has 1 aliphatic heterocycles. The van der Waals surface area contributed by atoms with E-state index in [2.05, 4.69) is 4.99 Å². The molecule has 0 amide bonds. The van der Waals surface area contributed by atoms with Crippen LogP contribution in [0.3, 0.4) is 0 Å². The molecular weight excluding hydrogens is 456 g/mol. The maximum Gasteiger partial charge on any atom is 0.344 e. The number of fused-ring (bicyclic) bond motifs is 1. The molecule has 34 heavy (non-hydrogen) atoms. The molecule has 2 aromatic carbocycles. The SMILES string of the molecule is CCOC(=O)C1=C(O)/C(=C/c2cn(CC(=O)O)c3ccccc23)SC1=Nc1ccc(OC)cc1. The Morgan fingerprint density at radius 3 is 2.56 bits per heavy atom. The van der Waals surface area contributed by atoms with Gasteiger partial charge in [-0.15, -0.1) is 0 Å². The number of carboxylic acids is 1. The second-order valence-corrected chi connectivity index (χ2v) is 8.32. The average Bonchev–Trinajstić information content (AvgIpc) is 3.31. The first-order valence-electron chi connectivity index (χ1n) is 10.4. The number of aliphatic carboxylic acids is 1. The van der Waals surface area contributed by atoms with E-state index in [4.69, 9.17) is 9.47 Å². The third-order valence-corrected chi connectivity index (χ3v) is 6.10. The minimum atomic E-state index is -0.962. The van der Waals surface area contributed by atoms with Crippen molar-refractivity contribution >= 4 is 51.4 Å². The van der Waals surface area contributed by atoms with Crippen molar-refractivity contribution in [3.63, 3.8) is 0 Å². The summed E-state index contributed by atoms with van der Waals surface area (Å²) in [5.41, 5.74) is 2.03. The van der Waals surface area contributed by atoms with E-state index in [0.717, 1.165) is 22.7 Å². The number of aliphatic hydroxyl groups excluding tert-OH is 1. The number of carbonyl (C=O) groups is 2. The van der Waals surface area contributed by atoms with Gasteiger partial charge in [-0.1, -0.05) is 30.0 Å². The van der Waals surface area contributed by atoms with Gasteiger partial charge in [0.15, 0.2) is 0 Å². The highest BCUT2D eigenvalue weighted by molar-refractivity contribution is 8.18. The Labute approximate surface area is 199 Å². The third kappa shape index (κ3) is 4.69. The number of nitrogens with zero attached hydrogens (tertiary/aromatic N) is 2. The molecule has 2 N–H and O–H groups in total. The predicted molar refractivity (Wildman–Crippen MR) is 132 cm³/mol. The van der Waals surface area contributed by atoms with Gasteiger partial charge in [0.1, 0.15) is 28.7 Å². The van der Waals surface area contributed by atoms with Crippen molar-refractivity contribution in [1.29, 1.82) is 0 Å². The molecule has 174 valence electrons. The topological polar surface area (TPSA) is 110 Å². The van der Waals surface area contributed by atoms with E-state index in [-0.39, 0.29) is 24.5 Å². The Bertz CT molecular complexity index is 1350. The fourth-order valence-electron chi connectivity index (χ4n) is 3.57. The van der Waals surface area contributed by atoms with E-state index in [9.17, 15) is 19.8 Å². The molecule has 0 saturated heterocycles. The number of carbonyl (C=O) groups excluding carboxylic acids is 1. The highest BCUT2D eigenvalue weighted by Gasteiger charge is 2.33. The molecule has 0 fully saturated rings. The summed E-state index contributed by atoms with van der Waals surface area (Å²) in [5, 5.41) is 21.3. The van der Waals surface area contributed by atoms with E-state index in [1.165, 1.54) is 0 Å². The van der Waals surface area contributed by atoms with Gasteiger partial charge in [-0.25, -0.2) is 9.79 Å². The molecule has 4 rings (SSSR count). The van der Waals surface area contributed by atoms with Crippen molar-refractivity contribution in [2.75, 3.05) is 13.7 Å². The van der Waals surface area contributed by atoms with Gasteiger partial charge in [-0.05, 0) is 43.3 Å². The molecule has 3 aromatic rings. The van der Waals surface area contributed by atoms with Crippen molar-refractivity contribution in [2.45, 2.75) is 13.5 Å². The van der Waals surface area contributed by atoms with Crippen LogP contribution < -0.4 is 4.74 Å². The summed E-state index contributed by atoms with van der Waals surface area (Å²) in [6.07, 6.45) is 3.43. The van der Waals surface area contributed by atoms with Gasteiger partial charge in [-0.2, -0.15) is 0 Å². The van der Waals surface area contributed by atoms with Crippen LogP contribution in [0.5, 0.6) is 5.75 Å². The largest absolute Gasteiger partial charge is 0.506 e. The normalized spacial score (nSPS) is 15.9. The van der Waals surface area contributed by atoms with Crippen LogP contribution >= 0.6 is 11.8 Å². The van der Waals surface area contributed by atoms with E-state index in [1.807, 2.05) is 24.3 Å². The Hall–Kier alpha value is -3.98.